The van der Waals surface area contributed by atoms with Crippen LogP contribution in [0.2, 0.25) is 5.02 Å². The summed E-state index contributed by atoms with van der Waals surface area (Å²) in [5.74, 6) is -0.580. The number of carboxylic acid groups (broad SMARTS) is 1. The quantitative estimate of drug-likeness (QED) is 0.886. The smallest absolute Gasteiger partial charge is 0.356 e. The first-order chi connectivity index (χ1) is 8.65. The molecule has 92 valence electrons. The monoisotopic (exact) mass is 263 g/mol. The van der Waals surface area contributed by atoms with Gasteiger partial charge in [0, 0.05) is 11.6 Å². The Morgan fingerprint density at radius 3 is 2.78 bits per heavy atom. The number of nitrogens with one attached hydrogen (secondary N) is 1. The van der Waals surface area contributed by atoms with Crippen LogP contribution in [0.3, 0.4) is 0 Å². The van der Waals surface area contributed by atoms with Crippen LogP contribution >= 0.6 is 11.6 Å². The molecular formula is C12H10ClN3O2. The number of carboxylic acids is 1. The van der Waals surface area contributed by atoms with Crippen LogP contribution < -0.4 is 5.32 Å². The van der Waals surface area contributed by atoms with Crippen LogP contribution in [0.25, 0.3) is 0 Å². The predicted molar refractivity (Wildman–Crippen MR) is 67.8 cm³/mol. The second-order valence-electron chi connectivity index (χ2n) is 3.58. The number of rotatable bonds is 4. The van der Waals surface area contributed by atoms with Crippen LogP contribution in [0, 0.1) is 0 Å². The van der Waals surface area contributed by atoms with Crippen molar-refractivity contribution >= 4 is 23.4 Å². The van der Waals surface area contributed by atoms with E-state index in [1.165, 1.54) is 12.4 Å². The fourth-order valence-corrected chi connectivity index (χ4v) is 1.58. The second-order valence-corrected chi connectivity index (χ2v) is 4.01. The Balaban J connectivity index is 2.00. The Kier molecular flexibility index (Phi) is 3.74. The van der Waals surface area contributed by atoms with Gasteiger partial charge in [-0.3, -0.25) is 0 Å². The maximum atomic E-state index is 10.6. The molecule has 2 N–H and O–H groups in total. The van der Waals surface area contributed by atoms with Gasteiger partial charge in [-0.15, -0.1) is 0 Å². The third-order valence-corrected chi connectivity index (χ3v) is 2.47. The van der Waals surface area contributed by atoms with Gasteiger partial charge in [-0.25, -0.2) is 14.8 Å². The maximum Gasteiger partial charge on any atom is 0.356 e. The summed E-state index contributed by atoms with van der Waals surface area (Å²) in [4.78, 5) is 18.3. The Morgan fingerprint density at radius 2 is 2.17 bits per heavy atom. The molecule has 1 heterocycles. The first-order valence-corrected chi connectivity index (χ1v) is 5.56. The summed E-state index contributed by atoms with van der Waals surface area (Å²) in [6.07, 6.45) is 2.59. The molecule has 5 nitrogen and oxygen atoms in total. The number of carbonyl (C=O) groups is 1. The Hall–Kier alpha value is -2.14. The first kappa shape index (κ1) is 12.3. The van der Waals surface area contributed by atoms with Crippen molar-refractivity contribution < 1.29 is 9.90 Å². The fraction of sp³-hybridized carbons (Fsp3) is 0.0833. The van der Waals surface area contributed by atoms with Gasteiger partial charge in [-0.1, -0.05) is 23.7 Å². The predicted octanol–water partition coefficient (Wildman–Crippen LogP) is 2.44. The third kappa shape index (κ3) is 3.18. The number of hydrogen-bond donors (Lipinski definition) is 2. The zero-order chi connectivity index (χ0) is 13.0. The molecule has 0 atom stereocenters. The number of halogens is 1. The molecule has 2 rings (SSSR count). The van der Waals surface area contributed by atoms with E-state index in [1.54, 1.807) is 6.07 Å². The summed E-state index contributed by atoms with van der Waals surface area (Å²) in [6.45, 7) is 0.543. The average molecular weight is 264 g/mol. The van der Waals surface area contributed by atoms with E-state index in [0.29, 0.717) is 17.4 Å². The van der Waals surface area contributed by atoms with E-state index in [9.17, 15) is 4.79 Å². The van der Waals surface area contributed by atoms with Crippen LogP contribution in [0.5, 0.6) is 0 Å². The fourth-order valence-electron chi connectivity index (χ4n) is 1.37. The lowest BCUT2D eigenvalue weighted by Crippen LogP contribution is -2.05. The summed E-state index contributed by atoms with van der Waals surface area (Å²) in [5, 5.41) is 12.4. The number of benzene rings is 1. The number of nitrogens with zero attached hydrogens (tertiary/aromatic N) is 2. The molecule has 18 heavy (non-hydrogen) atoms. The molecule has 0 spiro atoms. The molecule has 0 aliphatic rings. The Bertz CT molecular complexity index is 558. The topological polar surface area (TPSA) is 75.1 Å². The van der Waals surface area contributed by atoms with E-state index in [0.717, 1.165) is 5.56 Å². The summed E-state index contributed by atoms with van der Waals surface area (Å²) in [7, 11) is 0. The van der Waals surface area contributed by atoms with Gasteiger partial charge < -0.3 is 10.4 Å². The lowest BCUT2D eigenvalue weighted by molar-refractivity contribution is 0.0690. The summed E-state index contributed by atoms with van der Waals surface area (Å²) in [5.41, 5.74) is 0.926. The summed E-state index contributed by atoms with van der Waals surface area (Å²) in [6, 6.07) is 7.43. The van der Waals surface area contributed by atoms with Gasteiger partial charge in [0.25, 0.3) is 0 Å². The molecule has 0 saturated carbocycles. The molecule has 0 saturated heterocycles. The number of hydrogen-bond acceptors (Lipinski definition) is 4. The van der Waals surface area contributed by atoms with E-state index >= 15 is 0 Å². The molecule has 0 unspecified atom stereocenters. The van der Waals surface area contributed by atoms with E-state index in [-0.39, 0.29) is 5.69 Å². The second kappa shape index (κ2) is 5.46. The highest BCUT2D eigenvalue weighted by Gasteiger charge is 2.04. The molecule has 1 aromatic carbocycles. The number of anilines is 1. The average Bonchev–Trinajstić information content (AvgIpc) is 2.37. The molecule has 1 aromatic heterocycles. The zero-order valence-electron chi connectivity index (χ0n) is 9.30. The van der Waals surface area contributed by atoms with E-state index in [2.05, 4.69) is 15.3 Å². The van der Waals surface area contributed by atoms with Gasteiger partial charge in [-0.05, 0) is 17.7 Å². The van der Waals surface area contributed by atoms with Gasteiger partial charge in [-0.2, -0.15) is 0 Å². The van der Waals surface area contributed by atoms with Crippen molar-refractivity contribution in [3.8, 4) is 0 Å². The zero-order valence-corrected chi connectivity index (χ0v) is 10.1. The van der Waals surface area contributed by atoms with Gasteiger partial charge >= 0.3 is 5.97 Å². The molecule has 0 amide bonds. The van der Waals surface area contributed by atoms with Gasteiger partial charge in [0.1, 0.15) is 5.82 Å². The summed E-state index contributed by atoms with van der Waals surface area (Å²) >= 11 is 5.86. The standard InChI is InChI=1S/C12H10ClN3O2/c13-9-3-1-2-8(4-9)5-15-11-7-14-10(6-16-11)12(17)18/h1-4,6-7H,5H2,(H,15,16)(H,17,18). The van der Waals surface area contributed by atoms with Crippen molar-refractivity contribution in [2.75, 3.05) is 5.32 Å². The molecule has 2 aromatic rings. The minimum absolute atomic E-state index is 0.0803. The SMILES string of the molecule is O=C(O)c1cnc(NCc2cccc(Cl)c2)cn1. The van der Waals surface area contributed by atoms with Crippen LogP contribution in [-0.2, 0) is 6.54 Å². The highest BCUT2D eigenvalue weighted by Crippen LogP contribution is 2.12. The van der Waals surface area contributed by atoms with E-state index in [1.807, 2.05) is 18.2 Å². The number of aromatic carboxylic acids is 1. The first-order valence-electron chi connectivity index (χ1n) is 5.19. The minimum atomic E-state index is -1.09. The maximum absolute atomic E-state index is 10.6. The lowest BCUT2D eigenvalue weighted by Gasteiger charge is -2.05. The molecule has 0 bridgehead atoms. The molecule has 6 heteroatoms. The van der Waals surface area contributed by atoms with Crippen molar-refractivity contribution in [1.82, 2.24) is 9.97 Å². The van der Waals surface area contributed by atoms with Crippen molar-refractivity contribution in [2.45, 2.75) is 6.54 Å². The van der Waals surface area contributed by atoms with Gasteiger partial charge in [0.15, 0.2) is 5.69 Å². The largest absolute Gasteiger partial charge is 0.476 e. The van der Waals surface area contributed by atoms with Gasteiger partial charge in [0.05, 0.1) is 12.4 Å². The van der Waals surface area contributed by atoms with Crippen LogP contribution in [0.1, 0.15) is 16.1 Å². The van der Waals surface area contributed by atoms with Gasteiger partial charge in [0.2, 0.25) is 0 Å². The normalized spacial score (nSPS) is 10.1. The molecule has 0 fully saturated rings. The summed E-state index contributed by atoms with van der Waals surface area (Å²) < 4.78 is 0. The number of aromatic nitrogens is 2. The Labute approximate surface area is 108 Å². The molecular weight excluding hydrogens is 254 g/mol. The van der Waals surface area contributed by atoms with E-state index in [4.69, 9.17) is 16.7 Å². The van der Waals surface area contributed by atoms with Crippen LogP contribution in [0.4, 0.5) is 5.82 Å². The van der Waals surface area contributed by atoms with Crippen molar-refractivity contribution in [3.05, 3.63) is 52.9 Å². The Morgan fingerprint density at radius 1 is 1.33 bits per heavy atom. The minimum Gasteiger partial charge on any atom is -0.476 e. The van der Waals surface area contributed by atoms with Crippen LogP contribution in [-0.4, -0.2) is 21.0 Å². The molecule has 0 radical (unpaired) electrons. The molecule has 0 aliphatic carbocycles. The third-order valence-electron chi connectivity index (χ3n) is 2.23. The van der Waals surface area contributed by atoms with Crippen molar-refractivity contribution in [2.24, 2.45) is 0 Å². The van der Waals surface area contributed by atoms with Crippen molar-refractivity contribution in [1.29, 1.82) is 0 Å². The lowest BCUT2D eigenvalue weighted by atomic mass is 10.2. The van der Waals surface area contributed by atoms with E-state index < -0.39 is 5.97 Å². The van der Waals surface area contributed by atoms with Crippen LogP contribution in [0.15, 0.2) is 36.7 Å². The van der Waals surface area contributed by atoms with Crippen molar-refractivity contribution in [3.63, 3.8) is 0 Å². The highest BCUT2D eigenvalue weighted by atomic mass is 35.5. The highest BCUT2D eigenvalue weighted by molar-refractivity contribution is 6.30. The molecule has 0 aliphatic heterocycles.